The third-order valence-electron chi connectivity index (χ3n) is 3.08. The van der Waals surface area contributed by atoms with Gasteiger partial charge in [-0.3, -0.25) is 0 Å². The summed E-state index contributed by atoms with van der Waals surface area (Å²) >= 11 is 0. The molecule has 0 saturated heterocycles. The Kier molecular flexibility index (Phi) is 6.08. The molecule has 0 saturated carbocycles. The zero-order chi connectivity index (χ0) is 20.0. The molecule has 0 aliphatic carbocycles. The van der Waals surface area contributed by atoms with Crippen LogP contribution in [0.2, 0.25) is 0 Å². The number of nitrogens with zero attached hydrogens (tertiary/aromatic N) is 1. The molecule has 0 bridgehead atoms. The summed E-state index contributed by atoms with van der Waals surface area (Å²) in [7, 11) is 0. The minimum Gasteiger partial charge on any atom is -0.453 e. The van der Waals surface area contributed by atoms with Gasteiger partial charge in [-0.25, -0.2) is 14.2 Å². The van der Waals surface area contributed by atoms with Crippen LogP contribution in [0.4, 0.5) is 20.7 Å². The molecular formula is C19H21FN4O3. The standard InChI is InChI=1S/C19H21FN4O3/c1-19(2,3)24-18(25)26-10-4-5-13-15(8-9-23-17(13)22)27-16-7-6-12(21)11-14(16)20/h6-9,11H,10,21H2,1-3H3,(H2,22,23)(H,24,25). The molecule has 7 nitrogen and oxygen atoms in total. The normalized spacial score (nSPS) is 10.5. The summed E-state index contributed by atoms with van der Waals surface area (Å²) in [5.41, 5.74) is 11.5. The zero-order valence-electron chi connectivity index (χ0n) is 15.3. The second-order valence-corrected chi connectivity index (χ2v) is 6.61. The first-order valence-corrected chi connectivity index (χ1v) is 8.07. The monoisotopic (exact) mass is 372 g/mol. The molecule has 27 heavy (non-hydrogen) atoms. The number of aromatic nitrogens is 1. The number of hydrogen-bond donors (Lipinski definition) is 3. The number of nitrogen functional groups attached to an aromatic ring is 2. The number of halogens is 1. The fraction of sp³-hybridized carbons (Fsp3) is 0.263. The molecule has 1 heterocycles. The maximum atomic E-state index is 13.9. The Morgan fingerprint density at radius 2 is 2.00 bits per heavy atom. The van der Waals surface area contributed by atoms with Crippen molar-refractivity contribution >= 4 is 17.6 Å². The fourth-order valence-corrected chi connectivity index (χ4v) is 1.96. The van der Waals surface area contributed by atoms with E-state index >= 15 is 0 Å². The molecular weight excluding hydrogens is 351 g/mol. The molecule has 0 aliphatic rings. The summed E-state index contributed by atoms with van der Waals surface area (Å²) in [4.78, 5) is 15.5. The van der Waals surface area contributed by atoms with E-state index < -0.39 is 17.4 Å². The van der Waals surface area contributed by atoms with Crippen LogP contribution in [0.5, 0.6) is 11.5 Å². The van der Waals surface area contributed by atoms with Gasteiger partial charge in [-0.2, -0.15) is 0 Å². The van der Waals surface area contributed by atoms with Crippen LogP contribution in [-0.4, -0.2) is 23.2 Å². The van der Waals surface area contributed by atoms with E-state index in [1.54, 1.807) is 0 Å². The van der Waals surface area contributed by atoms with Crippen LogP contribution in [0.3, 0.4) is 0 Å². The molecule has 1 aromatic heterocycles. The Balaban J connectivity index is 2.13. The molecule has 0 atom stereocenters. The van der Waals surface area contributed by atoms with E-state index in [0.29, 0.717) is 0 Å². The van der Waals surface area contributed by atoms with Crippen LogP contribution in [0.1, 0.15) is 26.3 Å². The third-order valence-corrected chi connectivity index (χ3v) is 3.08. The molecule has 2 rings (SSSR count). The van der Waals surface area contributed by atoms with Crippen molar-refractivity contribution in [1.82, 2.24) is 10.3 Å². The molecule has 0 spiro atoms. The van der Waals surface area contributed by atoms with Gasteiger partial charge in [0.15, 0.2) is 18.2 Å². The van der Waals surface area contributed by atoms with Crippen LogP contribution in [-0.2, 0) is 4.74 Å². The van der Waals surface area contributed by atoms with Gasteiger partial charge >= 0.3 is 6.09 Å². The number of nitrogens with one attached hydrogen (secondary N) is 1. The SMILES string of the molecule is CC(C)(C)NC(=O)OCC#Cc1c(Oc2ccc(N)cc2F)ccnc1N. The van der Waals surface area contributed by atoms with E-state index in [-0.39, 0.29) is 35.2 Å². The summed E-state index contributed by atoms with van der Waals surface area (Å²) in [5.74, 6) is 5.08. The number of carbonyl (C=O) groups excluding carboxylic acids is 1. The average Bonchev–Trinajstić information content (AvgIpc) is 2.54. The van der Waals surface area contributed by atoms with Gasteiger partial charge in [0.1, 0.15) is 17.1 Å². The van der Waals surface area contributed by atoms with Gasteiger partial charge in [0, 0.05) is 29.6 Å². The molecule has 1 aromatic carbocycles. The first-order chi connectivity index (χ1) is 12.7. The highest BCUT2D eigenvalue weighted by atomic mass is 19.1. The fourth-order valence-electron chi connectivity index (χ4n) is 1.96. The van der Waals surface area contributed by atoms with Crippen molar-refractivity contribution in [3.63, 3.8) is 0 Å². The maximum absolute atomic E-state index is 13.9. The topological polar surface area (TPSA) is 112 Å². The predicted octanol–water partition coefficient (Wildman–Crippen LogP) is 3.05. The van der Waals surface area contributed by atoms with Gasteiger partial charge in [0.2, 0.25) is 0 Å². The van der Waals surface area contributed by atoms with Gasteiger partial charge in [-0.1, -0.05) is 11.8 Å². The Morgan fingerprint density at radius 1 is 1.26 bits per heavy atom. The van der Waals surface area contributed by atoms with Crippen LogP contribution >= 0.6 is 0 Å². The van der Waals surface area contributed by atoms with Crippen LogP contribution in [0, 0.1) is 17.7 Å². The van der Waals surface area contributed by atoms with E-state index in [1.165, 1.54) is 24.4 Å². The first kappa shape index (κ1) is 19.8. The molecule has 0 aliphatic heterocycles. The van der Waals surface area contributed by atoms with Crippen molar-refractivity contribution < 1.29 is 18.7 Å². The van der Waals surface area contributed by atoms with Crippen molar-refractivity contribution in [3.8, 4) is 23.3 Å². The zero-order valence-corrected chi connectivity index (χ0v) is 15.3. The van der Waals surface area contributed by atoms with Crippen molar-refractivity contribution in [3.05, 3.63) is 41.8 Å². The maximum Gasteiger partial charge on any atom is 0.408 e. The summed E-state index contributed by atoms with van der Waals surface area (Å²) in [6.07, 6.45) is 0.828. The van der Waals surface area contributed by atoms with Gasteiger partial charge in [0.25, 0.3) is 0 Å². The van der Waals surface area contributed by atoms with Crippen molar-refractivity contribution in [2.24, 2.45) is 0 Å². The molecule has 0 fully saturated rings. The number of pyridine rings is 1. The Labute approximate surface area is 156 Å². The molecule has 142 valence electrons. The minimum atomic E-state index is -0.619. The summed E-state index contributed by atoms with van der Waals surface area (Å²) in [6.45, 7) is 5.33. The summed E-state index contributed by atoms with van der Waals surface area (Å²) in [5, 5.41) is 2.64. The number of hydrogen-bond acceptors (Lipinski definition) is 6. The molecule has 0 radical (unpaired) electrons. The number of alkyl carbamates (subject to hydrolysis) is 1. The van der Waals surface area contributed by atoms with E-state index in [1.807, 2.05) is 20.8 Å². The summed E-state index contributed by atoms with van der Waals surface area (Å²) < 4.78 is 24.5. The van der Waals surface area contributed by atoms with Crippen LogP contribution < -0.4 is 21.5 Å². The van der Waals surface area contributed by atoms with Crippen LogP contribution in [0.15, 0.2) is 30.5 Å². The average molecular weight is 372 g/mol. The van der Waals surface area contributed by atoms with E-state index in [4.69, 9.17) is 20.9 Å². The molecule has 1 amide bonds. The van der Waals surface area contributed by atoms with Gasteiger partial charge in [-0.05, 0) is 32.9 Å². The van der Waals surface area contributed by atoms with Crippen LogP contribution in [0.25, 0.3) is 0 Å². The molecule has 8 heteroatoms. The summed E-state index contributed by atoms with van der Waals surface area (Å²) in [6, 6.07) is 5.56. The number of ether oxygens (including phenoxy) is 2. The highest BCUT2D eigenvalue weighted by Gasteiger charge is 2.14. The molecule has 2 aromatic rings. The number of anilines is 2. The Bertz CT molecular complexity index is 898. The lowest BCUT2D eigenvalue weighted by molar-refractivity contribution is 0.151. The second-order valence-electron chi connectivity index (χ2n) is 6.61. The number of benzene rings is 1. The Morgan fingerprint density at radius 3 is 2.67 bits per heavy atom. The van der Waals surface area contributed by atoms with Gasteiger partial charge < -0.3 is 26.3 Å². The van der Waals surface area contributed by atoms with E-state index in [9.17, 15) is 9.18 Å². The molecule has 5 N–H and O–H groups in total. The minimum absolute atomic E-state index is 0.0290. The smallest absolute Gasteiger partial charge is 0.408 e. The van der Waals surface area contributed by atoms with Crippen molar-refractivity contribution in [2.45, 2.75) is 26.3 Å². The lowest BCUT2D eigenvalue weighted by Gasteiger charge is -2.19. The van der Waals surface area contributed by atoms with E-state index in [0.717, 1.165) is 6.07 Å². The Hall–Kier alpha value is -3.47. The predicted molar refractivity (Wildman–Crippen MR) is 101 cm³/mol. The lowest BCUT2D eigenvalue weighted by Crippen LogP contribution is -2.40. The first-order valence-electron chi connectivity index (χ1n) is 8.07. The highest BCUT2D eigenvalue weighted by molar-refractivity contribution is 5.68. The van der Waals surface area contributed by atoms with Crippen molar-refractivity contribution in [2.75, 3.05) is 18.1 Å². The second kappa shape index (κ2) is 8.27. The third kappa shape index (κ3) is 6.08. The van der Waals surface area contributed by atoms with E-state index in [2.05, 4.69) is 22.1 Å². The number of rotatable bonds is 3. The number of nitrogens with two attached hydrogens (primary N) is 2. The highest BCUT2D eigenvalue weighted by Crippen LogP contribution is 2.29. The van der Waals surface area contributed by atoms with Gasteiger partial charge in [-0.15, -0.1) is 0 Å². The quantitative estimate of drug-likeness (QED) is 0.564. The number of amides is 1. The van der Waals surface area contributed by atoms with Gasteiger partial charge in [0.05, 0.1) is 0 Å². The molecule has 0 unspecified atom stereocenters. The number of carbonyl (C=O) groups is 1. The largest absolute Gasteiger partial charge is 0.453 e. The van der Waals surface area contributed by atoms with Crippen molar-refractivity contribution in [1.29, 1.82) is 0 Å². The lowest BCUT2D eigenvalue weighted by atomic mass is 10.1.